The van der Waals surface area contributed by atoms with Crippen LogP contribution in [0.3, 0.4) is 0 Å². The summed E-state index contributed by atoms with van der Waals surface area (Å²) in [6.45, 7) is 4.39. The minimum Gasteiger partial charge on any atom is -0.480 e. The van der Waals surface area contributed by atoms with Gasteiger partial charge in [-0.2, -0.15) is 0 Å². The smallest absolute Gasteiger partial charge is 0.317 e. The number of carboxylic acid groups (broad SMARTS) is 1. The van der Waals surface area contributed by atoms with Gasteiger partial charge in [-0.1, -0.05) is 36.9 Å². The van der Waals surface area contributed by atoms with Gasteiger partial charge in [0.05, 0.1) is 20.1 Å². The Bertz CT molecular complexity index is 467. The lowest BCUT2D eigenvalue weighted by Gasteiger charge is -2.19. The van der Waals surface area contributed by atoms with Crippen LogP contribution in [-0.2, 0) is 20.9 Å². The standard InChI is InChI=1S/C15H19NO4/c1-3-12-4-6-13(7-5-12)10-16(11-14(17)18)9-8-15(19)20-2/h3-7H,1,8-11H2,2H3,(H,17,18). The lowest BCUT2D eigenvalue weighted by atomic mass is 10.1. The van der Waals surface area contributed by atoms with E-state index in [1.54, 1.807) is 11.0 Å². The van der Waals surface area contributed by atoms with Crippen molar-refractivity contribution >= 4 is 18.0 Å². The highest BCUT2D eigenvalue weighted by Crippen LogP contribution is 2.09. The molecule has 108 valence electrons. The number of esters is 1. The second-order valence-corrected chi connectivity index (χ2v) is 4.38. The van der Waals surface area contributed by atoms with E-state index >= 15 is 0 Å². The molecule has 0 aliphatic rings. The number of methoxy groups -OCH3 is 1. The Morgan fingerprint density at radius 1 is 1.35 bits per heavy atom. The van der Waals surface area contributed by atoms with Crippen LogP contribution >= 0.6 is 0 Å². The number of hydrogen-bond acceptors (Lipinski definition) is 4. The third-order valence-corrected chi connectivity index (χ3v) is 2.84. The van der Waals surface area contributed by atoms with Crippen LogP contribution in [0.2, 0.25) is 0 Å². The lowest BCUT2D eigenvalue weighted by Crippen LogP contribution is -2.31. The average Bonchev–Trinajstić information content (AvgIpc) is 2.44. The zero-order chi connectivity index (χ0) is 15.0. The molecule has 0 saturated carbocycles. The highest BCUT2D eigenvalue weighted by molar-refractivity contribution is 5.70. The molecule has 5 heteroatoms. The number of carbonyl (C=O) groups is 2. The maximum atomic E-state index is 11.1. The monoisotopic (exact) mass is 277 g/mol. The first-order valence-electron chi connectivity index (χ1n) is 6.27. The Balaban J connectivity index is 2.64. The molecule has 0 amide bonds. The van der Waals surface area contributed by atoms with E-state index in [4.69, 9.17) is 5.11 Å². The van der Waals surface area contributed by atoms with Crippen molar-refractivity contribution in [3.63, 3.8) is 0 Å². The number of carbonyl (C=O) groups excluding carboxylic acids is 1. The molecular formula is C15H19NO4. The average molecular weight is 277 g/mol. The number of benzene rings is 1. The van der Waals surface area contributed by atoms with Crippen molar-refractivity contribution in [3.8, 4) is 0 Å². The minimum absolute atomic E-state index is 0.111. The van der Waals surface area contributed by atoms with E-state index in [1.165, 1.54) is 7.11 Å². The number of rotatable bonds is 8. The van der Waals surface area contributed by atoms with E-state index in [-0.39, 0.29) is 18.9 Å². The first kappa shape index (κ1) is 15.9. The maximum Gasteiger partial charge on any atom is 0.317 e. The third kappa shape index (κ3) is 5.67. The van der Waals surface area contributed by atoms with Crippen LogP contribution in [0.1, 0.15) is 17.5 Å². The van der Waals surface area contributed by atoms with E-state index in [0.717, 1.165) is 11.1 Å². The van der Waals surface area contributed by atoms with Gasteiger partial charge in [-0.15, -0.1) is 0 Å². The van der Waals surface area contributed by atoms with Crippen molar-refractivity contribution in [2.45, 2.75) is 13.0 Å². The summed E-state index contributed by atoms with van der Waals surface area (Å²) in [6, 6.07) is 7.68. The fraction of sp³-hybridized carbons (Fsp3) is 0.333. The molecule has 1 aromatic carbocycles. The van der Waals surface area contributed by atoms with Gasteiger partial charge >= 0.3 is 11.9 Å². The quantitative estimate of drug-likeness (QED) is 0.734. The minimum atomic E-state index is -0.919. The van der Waals surface area contributed by atoms with Crippen molar-refractivity contribution in [2.24, 2.45) is 0 Å². The molecule has 1 N–H and O–H groups in total. The Kier molecular flexibility index (Phi) is 6.46. The van der Waals surface area contributed by atoms with E-state index in [9.17, 15) is 9.59 Å². The number of ether oxygens (including phenoxy) is 1. The summed E-state index contributed by atoms with van der Waals surface area (Å²) in [5.74, 6) is -1.26. The van der Waals surface area contributed by atoms with Gasteiger partial charge < -0.3 is 9.84 Å². The summed E-state index contributed by atoms with van der Waals surface area (Å²) in [6.07, 6.45) is 1.92. The lowest BCUT2D eigenvalue weighted by molar-refractivity contribution is -0.143. The van der Waals surface area contributed by atoms with Crippen LogP contribution in [0.4, 0.5) is 0 Å². The third-order valence-electron chi connectivity index (χ3n) is 2.84. The van der Waals surface area contributed by atoms with E-state index < -0.39 is 5.97 Å². The van der Waals surface area contributed by atoms with Gasteiger partial charge in [-0.25, -0.2) is 0 Å². The van der Waals surface area contributed by atoms with Crippen LogP contribution in [0.5, 0.6) is 0 Å². The van der Waals surface area contributed by atoms with Crippen molar-refractivity contribution in [2.75, 3.05) is 20.2 Å². The van der Waals surface area contributed by atoms with Gasteiger partial charge in [0.1, 0.15) is 0 Å². The summed E-state index contributed by atoms with van der Waals surface area (Å²) in [7, 11) is 1.32. The number of nitrogens with zero attached hydrogens (tertiary/aromatic N) is 1. The Hall–Kier alpha value is -2.14. The van der Waals surface area contributed by atoms with Crippen LogP contribution in [0.25, 0.3) is 6.08 Å². The van der Waals surface area contributed by atoms with E-state index in [2.05, 4.69) is 11.3 Å². The SMILES string of the molecule is C=Cc1ccc(CN(CCC(=O)OC)CC(=O)O)cc1. The molecule has 0 aliphatic heterocycles. The molecule has 0 radical (unpaired) electrons. The van der Waals surface area contributed by atoms with Gasteiger partial charge in [0.25, 0.3) is 0 Å². The zero-order valence-electron chi connectivity index (χ0n) is 11.5. The number of carboxylic acids is 1. The summed E-state index contributed by atoms with van der Waals surface area (Å²) >= 11 is 0. The molecule has 20 heavy (non-hydrogen) atoms. The molecule has 0 bridgehead atoms. The van der Waals surface area contributed by atoms with Crippen molar-refractivity contribution in [3.05, 3.63) is 42.0 Å². The zero-order valence-corrected chi connectivity index (χ0v) is 11.5. The Morgan fingerprint density at radius 3 is 2.50 bits per heavy atom. The van der Waals surface area contributed by atoms with Crippen molar-refractivity contribution in [1.82, 2.24) is 4.90 Å². The molecule has 0 saturated heterocycles. The molecule has 0 aromatic heterocycles. The molecule has 0 aliphatic carbocycles. The second kappa shape index (κ2) is 8.12. The molecule has 5 nitrogen and oxygen atoms in total. The molecule has 1 rings (SSSR count). The normalized spacial score (nSPS) is 10.3. The first-order valence-corrected chi connectivity index (χ1v) is 6.27. The summed E-state index contributed by atoms with van der Waals surface area (Å²) < 4.78 is 4.56. The first-order chi connectivity index (χ1) is 9.55. The Morgan fingerprint density at radius 2 is 2.00 bits per heavy atom. The summed E-state index contributed by atoms with van der Waals surface area (Å²) in [5, 5.41) is 8.90. The molecule has 0 spiro atoms. The highest BCUT2D eigenvalue weighted by atomic mass is 16.5. The number of hydrogen-bond donors (Lipinski definition) is 1. The number of aliphatic carboxylic acids is 1. The van der Waals surface area contributed by atoms with E-state index in [1.807, 2.05) is 24.3 Å². The van der Waals surface area contributed by atoms with Gasteiger partial charge in [0.15, 0.2) is 0 Å². The van der Waals surface area contributed by atoms with Gasteiger partial charge in [-0.05, 0) is 11.1 Å². The van der Waals surface area contributed by atoms with Gasteiger partial charge in [0.2, 0.25) is 0 Å². The summed E-state index contributed by atoms with van der Waals surface area (Å²) in [5.41, 5.74) is 2.00. The molecule has 1 aromatic rings. The van der Waals surface area contributed by atoms with E-state index in [0.29, 0.717) is 13.1 Å². The Labute approximate surface area is 118 Å². The second-order valence-electron chi connectivity index (χ2n) is 4.38. The largest absolute Gasteiger partial charge is 0.480 e. The van der Waals surface area contributed by atoms with Crippen molar-refractivity contribution < 1.29 is 19.4 Å². The molecular weight excluding hydrogens is 258 g/mol. The van der Waals surface area contributed by atoms with Crippen LogP contribution < -0.4 is 0 Å². The molecule has 0 atom stereocenters. The maximum absolute atomic E-state index is 11.1. The predicted molar refractivity (Wildman–Crippen MR) is 76.1 cm³/mol. The highest BCUT2D eigenvalue weighted by Gasteiger charge is 2.12. The predicted octanol–water partition coefficient (Wildman–Crippen LogP) is 1.78. The van der Waals surface area contributed by atoms with Gasteiger partial charge in [-0.3, -0.25) is 14.5 Å². The van der Waals surface area contributed by atoms with Crippen LogP contribution in [0.15, 0.2) is 30.8 Å². The van der Waals surface area contributed by atoms with Crippen molar-refractivity contribution in [1.29, 1.82) is 0 Å². The summed E-state index contributed by atoms with van der Waals surface area (Å²) in [4.78, 5) is 23.7. The molecule has 0 unspecified atom stereocenters. The fourth-order valence-electron chi connectivity index (χ4n) is 1.77. The van der Waals surface area contributed by atoms with Gasteiger partial charge in [0, 0.05) is 13.1 Å². The molecule has 0 heterocycles. The fourth-order valence-corrected chi connectivity index (χ4v) is 1.77. The topological polar surface area (TPSA) is 66.8 Å². The van der Waals surface area contributed by atoms with Crippen LogP contribution in [-0.4, -0.2) is 42.1 Å². The molecule has 0 fully saturated rings. The van der Waals surface area contributed by atoms with Crippen LogP contribution in [0, 0.1) is 0 Å².